The summed E-state index contributed by atoms with van der Waals surface area (Å²) < 4.78 is 0. The maximum Gasteiger partial charge on any atom is 0.324 e. The van der Waals surface area contributed by atoms with Gasteiger partial charge in [-0.1, -0.05) is 18.2 Å². The number of hydrogen-bond acceptors (Lipinski definition) is 4. The summed E-state index contributed by atoms with van der Waals surface area (Å²) in [5.41, 5.74) is 0.183. The number of hydrogen-bond donors (Lipinski definition) is 1. The van der Waals surface area contributed by atoms with E-state index in [2.05, 4.69) is 5.32 Å². The molecule has 0 unspecified atom stereocenters. The fourth-order valence-corrected chi connectivity index (χ4v) is 0.821. The molecule has 0 radical (unpaired) electrons. The molecule has 5 heteroatoms. The van der Waals surface area contributed by atoms with Gasteiger partial charge in [-0.25, -0.2) is 0 Å². The summed E-state index contributed by atoms with van der Waals surface area (Å²) in [5, 5.41) is 12.9. The molecule has 1 aromatic rings. The van der Waals surface area contributed by atoms with Gasteiger partial charge in [-0.15, -0.1) is 0 Å². The molecule has 14 heavy (non-hydrogen) atoms. The SMILES string of the molecule is O=C/C(=C/Nc1ccccc1)[N+](=O)[O-]. The maximum atomic E-state index is 10.2. The van der Waals surface area contributed by atoms with Gasteiger partial charge >= 0.3 is 5.70 Å². The van der Waals surface area contributed by atoms with Crippen LogP contribution in [0.2, 0.25) is 0 Å². The minimum Gasteiger partial charge on any atom is -0.356 e. The molecule has 1 N–H and O–H groups in total. The maximum absolute atomic E-state index is 10.2. The van der Waals surface area contributed by atoms with Crippen LogP contribution in [0.5, 0.6) is 0 Å². The first kappa shape index (κ1) is 9.91. The van der Waals surface area contributed by atoms with Crippen molar-refractivity contribution in [3.05, 3.63) is 52.3 Å². The molecule has 72 valence electrons. The monoisotopic (exact) mass is 192 g/mol. The molecule has 0 fully saturated rings. The standard InChI is InChI=1S/C9H8N2O3/c12-7-9(11(13)14)6-10-8-4-2-1-3-5-8/h1-7,10H/b9-6-. The Kier molecular flexibility index (Phi) is 3.37. The van der Waals surface area contributed by atoms with E-state index >= 15 is 0 Å². The Bertz CT molecular complexity index is 360. The summed E-state index contributed by atoms with van der Waals surface area (Å²) in [6.45, 7) is 0. The largest absolute Gasteiger partial charge is 0.356 e. The molecule has 0 atom stereocenters. The quantitative estimate of drug-likeness (QED) is 0.339. The van der Waals surface area contributed by atoms with Gasteiger partial charge in [0.15, 0.2) is 0 Å². The molecule has 5 nitrogen and oxygen atoms in total. The number of carbonyl (C=O) groups is 1. The number of nitro groups is 1. The van der Waals surface area contributed by atoms with E-state index in [1.807, 2.05) is 6.07 Å². The lowest BCUT2D eigenvalue weighted by Gasteiger charge is -1.97. The molecule has 0 spiro atoms. The highest BCUT2D eigenvalue weighted by Crippen LogP contribution is 2.05. The lowest BCUT2D eigenvalue weighted by molar-refractivity contribution is -0.417. The molecular formula is C9H8N2O3. The first-order valence-corrected chi connectivity index (χ1v) is 3.85. The van der Waals surface area contributed by atoms with Gasteiger partial charge in [0.1, 0.15) is 0 Å². The van der Waals surface area contributed by atoms with Gasteiger partial charge < -0.3 is 5.32 Å². The van der Waals surface area contributed by atoms with Crippen molar-refractivity contribution in [3.63, 3.8) is 0 Å². The summed E-state index contributed by atoms with van der Waals surface area (Å²) in [7, 11) is 0. The number of carbonyl (C=O) groups excluding carboxylic acids is 1. The Morgan fingerprint density at radius 1 is 1.36 bits per heavy atom. The van der Waals surface area contributed by atoms with E-state index in [9.17, 15) is 14.9 Å². The van der Waals surface area contributed by atoms with Crippen LogP contribution in [-0.4, -0.2) is 11.2 Å². The first-order valence-electron chi connectivity index (χ1n) is 3.85. The molecule has 0 saturated carbocycles. The van der Waals surface area contributed by atoms with Gasteiger partial charge in [-0.05, 0) is 12.1 Å². The van der Waals surface area contributed by atoms with Crippen molar-refractivity contribution in [2.24, 2.45) is 0 Å². The summed E-state index contributed by atoms with van der Waals surface area (Å²) in [4.78, 5) is 19.7. The van der Waals surface area contributed by atoms with E-state index in [4.69, 9.17) is 0 Å². The van der Waals surface area contributed by atoms with Crippen LogP contribution in [0.4, 0.5) is 5.69 Å². The molecule has 1 aromatic carbocycles. The van der Waals surface area contributed by atoms with Crippen LogP contribution in [0.25, 0.3) is 0 Å². The van der Waals surface area contributed by atoms with E-state index in [1.165, 1.54) is 0 Å². The smallest absolute Gasteiger partial charge is 0.324 e. The van der Waals surface area contributed by atoms with Crippen LogP contribution >= 0.6 is 0 Å². The van der Waals surface area contributed by atoms with E-state index < -0.39 is 10.6 Å². The Labute approximate surface area is 80.2 Å². The van der Waals surface area contributed by atoms with Crippen molar-refractivity contribution >= 4 is 12.0 Å². The second-order valence-electron chi connectivity index (χ2n) is 2.45. The van der Waals surface area contributed by atoms with Gasteiger partial charge in [0, 0.05) is 5.69 Å². The summed E-state index contributed by atoms with van der Waals surface area (Å²) in [6, 6.07) is 8.85. The van der Waals surface area contributed by atoms with Crippen LogP contribution in [0, 0.1) is 10.1 Å². The van der Waals surface area contributed by atoms with Crippen molar-refractivity contribution in [1.82, 2.24) is 0 Å². The van der Waals surface area contributed by atoms with Crippen molar-refractivity contribution < 1.29 is 9.72 Å². The van der Waals surface area contributed by atoms with Gasteiger partial charge in [0.05, 0.1) is 11.1 Å². The molecule has 0 aliphatic rings. The van der Waals surface area contributed by atoms with Gasteiger partial charge in [0.25, 0.3) is 0 Å². The first-order chi connectivity index (χ1) is 6.74. The lowest BCUT2D eigenvalue weighted by atomic mass is 10.3. The third kappa shape index (κ3) is 2.71. The lowest BCUT2D eigenvalue weighted by Crippen LogP contribution is -2.02. The van der Waals surface area contributed by atoms with E-state index in [-0.39, 0.29) is 6.29 Å². The average Bonchev–Trinajstić information content (AvgIpc) is 2.20. The Morgan fingerprint density at radius 3 is 2.50 bits per heavy atom. The fraction of sp³-hybridized carbons (Fsp3) is 0. The predicted octanol–water partition coefficient (Wildman–Crippen LogP) is 1.42. The third-order valence-electron chi connectivity index (χ3n) is 1.49. The Morgan fingerprint density at radius 2 is 2.00 bits per heavy atom. The van der Waals surface area contributed by atoms with Gasteiger partial charge in [0.2, 0.25) is 6.29 Å². The topological polar surface area (TPSA) is 72.2 Å². The average molecular weight is 192 g/mol. The Balaban J connectivity index is 2.71. The molecule has 1 rings (SSSR count). The molecule has 0 aromatic heterocycles. The van der Waals surface area contributed by atoms with Crippen molar-refractivity contribution in [2.45, 2.75) is 0 Å². The van der Waals surface area contributed by atoms with Crippen LogP contribution in [-0.2, 0) is 4.79 Å². The number of nitrogens with zero attached hydrogens (tertiary/aromatic N) is 1. The normalized spacial score (nSPS) is 10.7. The number of aldehydes is 1. The second-order valence-corrected chi connectivity index (χ2v) is 2.45. The van der Waals surface area contributed by atoms with Crippen LogP contribution in [0.15, 0.2) is 42.2 Å². The Hall–Kier alpha value is -2.17. The van der Waals surface area contributed by atoms with E-state index in [1.54, 1.807) is 24.3 Å². The van der Waals surface area contributed by atoms with Crippen molar-refractivity contribution in [1.29, 1.82) is 0 Å². The fourth-order valence-electron chi connectivity index (χ4n) is 0.821. The summed E-state index contributed by atoms with van der Waals surface area (Å²) >= 11 is 0. The van der Waals surface area contributed by atoms with Crippen LogP contribution in [0.3, 0.4) is 0 Å². The molecular weight excluding hydrogens is 184 g/mol. The molecule has 0 aliphatic carbocycles. The zero-order valence-corrected chi connectivity index (χ0v) is 7.21. The van der Waals surface area contributed by atoms with Crippen molar-refractivity contribution in [3.8, 4) is 0 Å². The third-order valence-corrected chi connectivity index (χ3v) is 1.49. The van der Waals surface area contributed by atoms with Crippen LogP contribution in [0.1, 0.15) is 0 Å². The number of para-hydroxylation sites is 1. The number of benzene rings is 1. The molecule has 0 aliphatic heterocycles. The highest BCUT2D eigenvalue weighted by Gasteiger charge is 2.06. The zero-order chi connectivity index (χ0) is 10.4. The van der Waals surface area contributed by atoms with E-state index in [0.29, 0.717) is 5.69 Å². The number of allylic oxidation sites excluding steroid dienone is 1. The zero-order valence-electron chi connectivity index (χ0n) is 7.21. The molecule has 0 amide bonds. The minimum atomic E-state index is -0.747. The van der Waals surface area contributed by atoms with E-state index in [0.717, 1.165) is 6.20 Å². The highest BCUT2D eigenvalue weighted by molar-refractivity contribution is 5.70. The van der Waals surface area contributed by atoms with Gasteiger partial charge in [-0.2, -0.15) is 0 Å². The number of anilines is 1. The highest BCUT2D eigenvalue weighted by atomic mass is 16.6. The summed E-state index contributed by atoms with van der Waals surface area (Å²) in [6.07, 6.45) is 1.25. The minimum absolute atomic E-state index is 0.190. The van der Waals surface area contributed by atoms with Gasteiger partial charge in [-0.3, -0.25) is 14.9 Å². The second kappa shape index (κ2) is 4.76. The van der Waals surface area contributed by atoms with Crippen molar-refractivity contribution in [2.75, 3.05) is 5.32 Å². The molecule has 0 saturated heterocycles. The van der Waals surface area contributed by atoms with Crippen LogP contribution < -0.4 is 5.32 Å². The molecule has 0 bridgehead atoms. The predicted molar refractivity (Wildman–Crippen MR) is 51.2 cm³/mol. The number of rotatable bonds is 4. The summed E-state index contributed by atoms with van der Waals surface area (Å²) in [5.74, 6) is 0. The number of nitrogens with one attached hydrogen (secondary N) is 1. The molecule has 0 heterocycles.